The molecule has 13 heteroatoms. The molecule has 0 spiro atoms. The predicted octanol–water partition coefficient (Wildman–Crippen LogP) is 5.37. The summed E-state index contributed by atoms with van der Waals surface area (Å²) >= 11 is 9.85. The van der Waals surface area contributed by atoms with Crippen molar-refractivity contribution in [3.8, 4) is 0 Å². The maximum absolute atomic E-state index is 13.8. The van der Waals surface area contributed by atoms with Crippen molar-refractivity contribution in [3.05, 3.63) is 34.9 Å². The van der Waals surface area contributed by atoms with E-state index < -0.39 is 51.1 Å². The largest absolute Gasteiger partial charge is 0.460 e. The third kappa shape index (κ3) is 3.57. The summed E-state index contributed by atoms with van der Waals surface area (Å²) in [6, 6.07) is 0.155. The van der Waals surface area contributed by atoms with E-state index in [1.54, 1.807) is 0 Å². The third-order valence-electron chi connectivity index (χ3n) is 2.89. The lowest BCUT2D eigenvalue weighted by Crippen LogP contribution is -2.59. The van der Waals surface area contributed by atoms with Crippen molar-refractivity contribution >= 4 is 33.7 Å². The van der Waals surface area contributed by atoms with E-state index in [-0.39, 0.29) is 12.1 Å². The Kier molecular flexibility index (Phi) is 5.47. The van der Waals surface area contributed by atoms with Crippen LogP contribution in [0.25, 0.3) is 0 Å². The Morgan fingerprint density at radius 1 is 0.680 bits per heavy atom. The monoisotopic (exact) mass is 420 g/mol. The van der Waals surface area contributed by atoms with E-state index in [1.807, 2.05) is 0 Å². The Morgan fingerprint density at radius 3 is 1.32 bits per heavy atom. The van der Waals surface area contributed by atoms with Gasteiger partial charge in [-0.2, -0.15) is 39.5 Å². The molecule has 0 saturated carbocycles. The molecular formula is C12H3Cl2F9O2. The fraction of sp³-hybridized carbons (Fsp3) is 0.333. The van der Waals surface area contributed by atoms with Crippen molar-refractivity contribution in [1.82, 2.24) is 0 Å². The Morgan fingerprint density at radius 2 is 1.04 bits per heavy atom. The first-order valence-electron chi connectivity index (χ1n) is 5.72. The molecule has 2 nitrogen and oxygen atoms in total. The van der Waals surface area contributed by atoms with Crippen LogP contribution in [0.15, 0.2) is 18.2 Å². The van der Waals surface area contributed by atoms with Gasteiger partial charge in [0.05, 0.1) is 0 Å². The molecule has 0 unspecified atom stereocenters. The van der Waals surface area contributed by atoms with Crippen LogP contribution >= 0.6 is 23.2 Å². The van der Waals surface area contributed by atoms with Crippen LogP contribution in [0, 0.1) is 0 Å². The van der Waals surface area contributed by atoms with Gasteiger partial charge in [-0.05, 0) is 41.4 Å². The molecular weight excluding hydrogens is 418 g/mol. The fourth-order valence-corrected chi connectivity index (χ4v) is 1.81. The molecule has 1 aromatic rings. The van der Waals surface area contributed by atoms with Gasteiger partial charge in [-0.3, -0.25) is 9.59 Å². The molecule has 0 heterocycles. The lowest BCUT2D eigenvalue weighted by Gasteiger charge is -2.34. The van der Waals surface area contributed by atoms with Gasteiger partial charge in [0, 0.05) is 16.7 Å². The number of hydrogen-bond acceptors (Lipinski definition) is 2. The van der Waals surface area contributed by atoms with E-state index >= 15 is 0 Å². The fourth-order valence-electron chi connectivity index (χ4n) is 1.59. The average Bonchev–Trinajstić information content (AvgIpc) is 2.44. The van der Waals surface area contributed by atoms with E-state index in [1.165, 1.54) is 0 Å². The zero-order valence-corrected chi connectivity index (χ0v) is 12.7. The first-order valence-corrected chi connectivity index (χ1v) is 6.48. The molecule has 0 amide bonds. The summed E-state index contributed by atoms with van der Waals surface area (Å²) in [5.74, 6) is -20.2. The Hall–Kier alpha value is -1.49. The Balaban J connectivity index is 3.67. The molecule has 1 aromatic carbocycles. The van der Waals surface area contributed by atoms with Crippen molar-refractivity contribution in [2.75, 3.05) is 0 Å². The molecule has 0 aromatic heterocycles. The standard InChI is InChI=1S/C12H3Cl2F9O2/c13-7(24)4-1-5(8(14)25)3-6(2-4)9(15,16)10(17,18)11(19,20)12(21,22)23/h1-3H. The van der Waals surface area contributed by atoms with Crippen molar-refractivity contribution in [3.63, 3.8) is 0 Å². The molecule has 140 valence electrons. The molecule has 0 aliphatic carbocycles. The highest BCUT2D eigenvalue weighted by Gasteiger charge is 2.82. The molecule has 0 fully saturated rings. The minimum absolute atomic E-state index is 0.154. The Labute approximate surface area is 142 Å². The second kappa shape index (κ2) is 6.35. The SMILES string of the molecule is O=C(Cl)c1cc(C(=O)Cl)cc(C(F)(F)C(F)(F)C(F)(F)C(F)(F)F)c1. The maximum Gasteiger partial charge on any atom is 0.460 e. The van der Waals surface area contributed by atoms with Crippen LogP contribution in [0.3, 0.4) is 0 Å². The van der Waals surface area contributed by atoms with Crippen LogP contribution in [-0.2, 0) is 5.92 Å². The van der Waals surface area contributed by atoms with Crippen LogP contribution in [0.5, 0.6) is 0 Å². The normalized spacial score (nSPS) is 13.7. The lowest BCUT2D eigenvalue weighted by atomic mass is 9.94. The van der Waals surface area contributed by atoms with E-state index in [4.69, 9.17) is 23.2 Å². The van der Waals surface area contributed by atoms with Crippen molar-refractivity contribution in [2.24, 2.45) is 0 Å². The highest BCUT2D eigenvalue weighted by molar-refractivity contribution is 6.69. The van der Waals surface area contributed by atoms with E-state index in [0.29, 0.717) is 6.07 Å². The van der Waals surface area contributed by atoms with Gasteiger partial charge in [-0.25, -0.2) is 0 Å². The average molecular weight is 421 g/mol. The Bertz CT molecular complexity index is 681. The van der Waals surface area contributed by atoms with Crippen LogP contribution in [-0.4, -0.2) is 28.5 Å². The van der Waals surface area contributed by atoms with Gasteiger partial charge in [0.2, 0.25) is 0 Å². The van der Waals surface area contributed by atoms with Gasteiger partial charge in [0.1, 0.15) is 0 Å². The third-order valence-corrected chi connectivity index (χ3v) is 3.33. The quantitative estimate of drug-likeness (QED) is 0.474. The van der Waals surface area contributed by atoms with E-state index in [0.717, 1.165) is 0 Å². The van der Waals surface area contributed by atoms with Gasteiger partial charge >= 0.3 is 23.9 Å². The molecule has 0 radical (unpaired) electrons. The second-order valence-corrected chi connectivity index (χ2v) is 5.25. The molecule has 0 aliphatic rings. The van der Waals surface area contributed by atoms with Gasteiger partial charge in [-0.15, -0.1) is 0 Å². The highest BCUT2D eigenvalue weighted by atomic mass is 35.5. The summed E-state index contributed by atoms with van der Waals surface area (Å²) in [5.41, 5.74) is -4.28. The minimum Gasteiger partial charge on any atom is -0.276 e. The summed E-state index contributed by atoms with van der Waals surface area (Å²) in [6.45, 7) is 0. The van der Waals surface area contributed by atoms with Crippen molar-refractivity contribution in [2.45, 2.75) is 23.9 Å². The molecule has 0 bridgehead atoms. The second-order valence-electron chi connectivity index (χ2n) is 4.57. The molecule has 0 aliphatic heterocycles. The van der Waals surface area contributed by atoms with Crippen molar-refractivity contribution in [1.29, 1.82) is 0 Å². The summed E-state index contributed by atoms with van der Waals surface area (Å²) < 4.78 is 116. The maximum atomic E-state index is 13.8. The number of hydrogen-bond donors (Lipinski definition) is 0. The predicted molar refractivity (Wildman–Crippen MR) is 66.7 cm³/mol. The zero-order valence-electron chi connectivity index (χ0n) is 11.2. The van der Waals surface area contributed by atoms with Gasteiger partial charge < -0.3 is 0 Å². The molecule has 1 rings (SSSR count). The number of halogens is 11. The van der Waals surface area contributed by atoms with Gasteiger partial charge in [0.25, 0.3) is 10.5 Å². The van der Waals surface area contributed by atoms with E-state index in [2.05, 4.69) is 0 Å². The minimum atomic E-state index is -7.13. The van der Waals surface area contributed by atoms with Crippen LogP contribution in [0.4, 0.5) is 39.5 Å². The number of rotatable bonds is 5. The zero-order chi connectivity index (χ0) is 20.0. The van der Waals surface area contributed by atoms with Crippen LogP contribution < -0.4 is 0 Å². The number of carbonyl (C=O) groups is 2. The summed E-state index contributed by atoms with van der Waals surface area (Å²) in [6.07, 6.45) is -7.01. The van der Waals surface area contributed by atoms with Crippen LogP contribution in [0.2, 0.25) is 0 Å². The topological polar surface area (TPSA) is 34.1 Å². The first kappa shape index (κ1) is 21.6. The molecule has 0 N–H and O–H groups in total. The van der Waals surface area contributed by atoms with Gasteiger partial charge in [-0.1, -0.05) is 0 Å². The summed E-state index contributed by atoms with van der Waals surface area (Å²) in [4.78, 5) is 21.9. The van der Waals surface area contributed by atoms with Crippen molar-refractivity contribution < 1.29 is 49.1 Å². The van der Waals surface area contributed by atoms with Crippen LogP contribution in [0.1, 0.15) is 26.3 Å². The summed E-state index contributed by atoms with van der Waals surface area (Å²) in [7, 11) is 0. The smallest absolute Gasteiger partial charge is 0.276 e. The highest BCUT2D eigenvalue weighted by Crippen LogP contribution is 2.56. The number of benzene rings is 1. The first-order chi connectivity index (χ1) is 11.0. The number of alkyl halides is 9. The molecule has 25 heavy (non-hydrogen) atoms. The van der Waals surface area contributed by atoms with Gasteiger partial charge in [0.15, 0.2) is 0 Å². The molecule has 0 atom stereocenters. The lowest BCUT2D eigenvalue weighted by molar-refractivity contribution is -0.399. The molecule has 0 saturated heterocycles. The number of carbonyl (C=O) groups excluding carboxylic acids is 2. The summed E-state index contributed by atoms with van der Waals surface area (Å²) in [5, 5.41) is -3.16. The van der Waals surface area contributed by atoms with E-state index in [9.17, 15) is 49.1 Å².